The highest BCUT2D eigenvalue weighted by Gasteiger charge is 2.19. The molecule has 1 heterocycles. The van der Waals surface area contributed by atoms with Crippen molar-refractivity contribution in [1.29, 1.82) is 0 Å². The molecule has 0 aliphatic heterocycles. The Bertz CT molecular complexity index is 637. The number of aromatic nitrogens is 3. The van der Waals surface area contributed by atoms with E-state index in [2.05, 4.69) is 10.1 Å². The van der Waals surface area contributed by atoms with Crippen LogP contribution in [0.3, 0.4) is 0 Å². The maximum absolute atomic E-state index is 12.9. The molecule has 0 aliphatic rings. The lowest BCUT2D eigenvalue weighted by Gasteiger charge is -2.05. The Balaban J connectivity index is 2.18. The topological polar surface area (TPSA) is 30.7 Å². The van der Waals surface area contributed by atoms with Crippen molar-refractivity contribution in [2.24, 2.45) is 0 Å². The van der Waals surface area contributed by atoms with Gasteiger partial charge < -0.3 is 0 Å². The van der Waals surface area contributed by atoms with Crippen molar-refractivity contribution < 1.29 is 8.78 Å². The summed E-state index contributed by atoms with van der Waals surface area (Å²) in [7, 11) is 0. The highest BCUT2D eigenvalue weighted by Crippen LogP contribution is 2.24. The van der Waals surface area contributed by atoms with E-state index in [1.165, 1.54) is 4.68 Å². The Morgan fingerprint density at radius 3 is 2.05 bits per heavy atom. The van der Waals surface area contributed by atoms with Gasteiger partial charge in [0.05, 0.1) is 5.69 Å². The van der Waals surface area contributed by atoms with Crippen LogP contribution in [0.15, 0.2) is 60.7 Å². The molecule has 100 valence electrons. The lowest BCUT2D eigenvalue weighted by molar-refractivity contribution is 0.140. The van der Waals surface area contributed by atoms with E-state index in [1.807, 2.05) is 48.5 Å². The number of alkyl halides is 2. The predicted octanol–water partition coefficient (Wildman–Crippen LogP) is 3.87. The Morgan fingerprint density at radius 2 is 1.45 bits per heavy atom. The molecule has 5 heteroatoms. The van der Waals surface area contributed by atoms with Gasteiger partial charge in [-0.1, -0.05) is 48.5 Å². The summed E-state index contributed by atoms with van der Waals surface area (Å²) in [5.74, 6) is -0.0557. The van der Waals surface area contributed by atoms with Crippen molar-refractivity contribution in [2.45, 2.75) is 6.43 Å². The number of nitrogens with zero attached hydrogens (tertiary/aromatic N) is 3. The van der Waals surface area contributed by atoms with Gasteiger partial charge in [-0.05, 0) is 12.1 Å². The molecule has 0 saturated heterocycles. The molecule has 0 aliphatic carbocycles. The largest absolute Gasteiger partial charge is 0.299 e. The first-order valence-corrected chi connectivity index (χ1v) is 6.11. The first kappa shape index (κ1) is 12.5. The fraction of sp³-hybridized carbons (Fsp3) is 0.0667. The molecule has 3 rings (SSSR count). The molecule has 3 aromatic rings. The molecule has 0 fully saturated rings. The van der Waals surface area contributed by atoms with E-state index in [9.17, 15) is 8.78 Å². The smallest absolute Gasteiger partial charge is 0.213 e. The zero-order chi connectivity index (χ0) is 13.9. The maximum Gasteiger partial charge on any atom is 0.299 e. The standard InChI is InChI=1S/C15H11F2N3/c16-13(17)14-18-15(11-7-3-1-4-8-11)20(19-14)12-9-5-2-6-10-12/h1-10,13H. The first-order valence-electron chi connectivity index (χ1n) is 6.11. The summed E-state index contributed by atoms with van der Waals surface area (Å²) in [6.45, 7) is 0. The Hall–Kier alpha value is -2.56. The van der Waals surface area contributed by atoms with E-state index in [1.54, 1.807) is 12.1 Å². The molecule has 3 nitrogen and oxygen atoms in total. The van der Waals surface area contributed by atoms with Crippen LogP contribution in [0.25, 0.3) is 17.1 Å². The summed E-state index contributed by atoms with van der Waals surface area (Å²) in [4.78, 5) is 3.96. The molecular formula is C15H11F2N3. The molecule has 0 saturated carbocycles. The van der Waals surface area contributed by atoms with Gasteiger partial charge in [0.2, 0.25) is 5.82 Å². The summed E-state index contributed by atoms with van der Waals surface area (Å²) >= 11 is 0. The molecule has 20 heavy (non-hydrogen) atoms. The van der Waals surface area contributed by atoms with Crippen LogP contribution in [-0.2, 0) is 0 Å². The minimum Gasteiger partial charge on any atom is -0.213 e. The van der Waals surface area contributed by atoms with Crippen molar-refractivity contribution in [3.05, 3.63) is 66.5 Å². The van der Waals surface area contributed by atoms with Crippen LogP contribution < -0.4 is 0 Å². The average molecular weight is 271 g/mol. The van der Waals surface area contributed by atoms with Gasteiger partial charge in [0.15, 0.2) is 5.82 Å². The number of halogens is 2. The van der Waals surface area contributed by atoms with Gasteiger partial charge in [0.1, 0.15) is 0 Å². The summed E-state index contributed by atoms with van der Waals surface area (Å²) in [5, 5.41) is 3.91. The zero-order valence-electron chi connectivity index (χ0n) is 10.4. The lowest BCUT2D eigenvalue weighted by Crippen LogP contribution is -1.99. The second kappa shape index (κ2) is 5.21. The fourth-order valence-electron chi connectivity index (χ4n) is 1.94. The van der Waals surface area contributed by atoms with Crippen LogP contribution in [0.4, 0.5) is 8.78 Å². The highest BCUT2D eigenvalue weighted by atomic mass is 19.3. The van der Waals surface area contributed by atoms with Gasteiger partial charge in [-0.3, -0.25) is 0 Å². The van der Waals surface area contributed by atoms with Crippen molar-refractivity contribution in [1.82, 2.24) is 14.8 Å². The third-order valence-corrected chi connectivity index (χ3v) is 2.85. The van der Waals surface area contributed by atoms with Gasteiger partial charge in [-0.15, -0.1) is 5.10 Å². The third kappa shape index (κ3) is 2.30. The molecule has 0 unspecified atom stereocenters. The molecular weight excluding hydrogens is 260 g/mol. The molecule has 0 radical (unpaired) electrons. The summed E-state index contributed by atoms with van der Waals surface area (Å²) in [5.41, 5.74) is 1.45. The molecule has 0 atom stereocenters. The van der Waals surface area contributed by atoms with Crippen LogP contribution >= 0.6 is 0 Å². The number of hydrogen-bond donors (Lipinski definition) is 0. The van der Waals surface area contributed by atoms with Crippen molar-refractivity contribution >= 4 is 0 Å². The fourth-order valence-corrected chi connectivity index (χ4v) is 1.94. The van der Waals surface area contributed by atoms with Crippen LogP contribution in [0.5, 0.6) is 0 Å². The van der Waals surface area contributed by atoms with Gasteiger partial charge in [0, 0.05) is 5.56 Å². The van der Waals surface area contributed by atoms with Crippen molar-refractivity contribution in [2.75, 3.05) is 0 Å². The molecule has 2 aromatic carbocycles. The Labute approximate surface area is 114 Å². The van der Waals surface area contributed by atoms with Crippen LogP contribution in [0.1, 0.15) is 12.2 Å². The Morgan fingerprint density at radius 1 is 0.850 bits per heavy atom. The van der Waals surface area contributed by atoms with Crippen LogP contribution in [-0.4, -0.2) is 14.8 Å². The molecule has 0 spiro atoms. The maximum atomic E-state index is 12.9. The summed E-state index contributed by atoms with van der Waals surface area (Å²) in [6, 6.07) is 18.3. The van der Waals surface area contributed by atoms with E-state index in [0.717, 1.165) is 5.56 Å². The van der Waals surface area contributed by atoms with Crippen LogP contribution in [0.2, 0.25) is 0 Å². The second-order valence-electron chi connectivity index (χ2n) is 4.21. The van der Waals surface area contributed by atoms with E-state index in [-0.39, 0.29) is 0 Å². The average Bonchev–Trinajstić information content (AvgIpc) is 2.94. The first-order chi connectivity index (χ1) is 9.75. The third-order valence-electron chi connectivity index (χ3n) is 2.85. The van der Waals surface area contributed by atoms with Gasteiger partial charge in [-0.2, -0.15) is 0 Å². The Kier molecular flexibility index (Phi) is 3.25. The van der Waals surface area contributed by atoms with E-state index in [4.69, 9.17) is 0 Å². The van der Waals surface area contributed by atoms with E-state index >= 15 is 0 Å². The van der Waals surface area contributed by atoms with Crippen molar-refractivity contribution in [3.63, 3.8) is 0 Å². The quantitative estimate of drug-likeness (QED) is 0.724. The lowest BCUT2D eigenvalue weighted by atomic mass is 10.2. The van der Waals surface area contributed by atoms with Gasteiger partial charge in [-0.25, -0.2) is 18.4 Å². The van der Waals surface area contributed by atoms with Gasteiger partial charge >= 0.3 is 0 Å². The van der Waals surface area contributed by atoms with Crippen molar-refractivity contribution in [3.8, 4) is 17.1 Å². The minimum absolute atomic E-state index is 0.409. The monoisotopic (exact) mass is 271 g/mol. The number of rotatable bonds is 3. The van der Waals surface area contributed by atoms with E-state index in [0.29, 0.717) is 11.5 Å². The summed E-state index contributed by atoms with van der Waals surface area (Å²) in [6.07, 6.45) is -2.69. The number of benzene rings is 2. The van der Waals surface area contributed by atoms with Gasteiger partial charge in [0.25, 0.3) is 6.43 Å². The van der Waals surface area contributed by atoms with Crippen LogP contribution in [0, 0.1) is 0 Å². The summed E-state index contributed by atoms with van der Waals surface area (Å²) < 4.78 is 27.1. The number of hydrogen-bond acceptors (Lipinski definition) is 2. The molecule has 0 bridgehead atoms. The second-order valence-corrected chi connectivity index (χ2v) is 4.21. The molecule has 0 N–H and O–H groups in total. The zero-order valence-corrected chi connectivity index (χ0v) is 10.4. The SMILES string of the molecule is FC(F)c1nc(-c2ccccc2)n(-c2ccccc2)n1. The minimum atomic E-state index is -2.69. The van der Waals surface area contributed by atoms with E-state index < -0.39 is 12.2 Å². The molecule has 1 aromatic heterocycles. The highest BCUT2D eigenvalue weighted by molar-refractivity contribution is 5.57. The molecule has 0 amide bonds. The predicted molar refractivity (Wildman–Crippen MR) is 71.8 cm³/mol. The normalized spacial score (nSPS) is 10.9. The number of para-hydroxylation sites is 1.